The molecule has 2 aromatic carbocycles. The molecule has 2 heterocycles. The lowest BCUT2D eigenvalue weighted by Gasteiger charge is -2.31. The quantitative estimate of drug-likeness (QED) is 0.591. The van der Waals surface area contributed by atoms with Gasteiger partial charge in [0.2, 0.25) is 10.0 Å². The van der Waals surface area contributed by atoms with E-state index in [0.717, 1.165) is 18.4 Å². The second-order valence-corrected chi connectivity index (χ2v) is 11.6. The van der Waals surface area contributed by atoms with Gasteiger partial charge in [0.25, 0.3) is 0 Å². The molecule has 0 aliphatic carbocycles. The van der Waals surface area contributed by atoms with Crippen molar-refractivity contribution >= 4 is 20.9 Å². The molecular weight excluding hydrogens is 392 g/mol. The van der Waals surface area contributed by atoms with Crippen molar-refractivity contribution in [2.75, 3.05) is 13.1 Å². The maximum absolute atomic E-state index is 13.2. The average Bonchev–Trinajstić information content (AvgIpc) is 3.03. The zero-order valence-electron chi connectivity index (χ0n) is 18.6. The van der Waals surface area contributed by atoms with Gasteiger partial charge in [0, 0.05) is 35.6 Å². The first kappa shape index (κ1) is 21.1. The summed E-state index contributed by atoms with van der Waals surface area (Å²) in [5.41, 5.74) is 6.15. The number of rotatable bonds is 3. The van der Waals surface area contributed by atoms with Crippen LogP contribution < -0.4 is 0 Å². The molecule has 1 aromatic heterocycles. The number of benzene rings is 2. The number of aromatic nitrogens is 1. The van der Waals surface area contributed by atoms with Crippen molar-refractivity contribution in [3.8, 4) is 0 Å². The number of hydrogen-bond acceptors (Lipinski definition) is 2. The number of aromatic amines is 1. The summed E-state index contributed by atoms with van der Waals surface area (Å²) in [7, 11) is -3.45. The lowest BCUT2D eigenvalue weighted by molar-refractivity contribution is 0.317. The van der Waals surface area contributed by atoms with Crippen molar-refractivity contribution in [3.63, 3.8) is 0 Å². The first-order valence-corrected chi connectivity index (χ1v) is 12.2. The van der Waals surface area contributed by atoms with Crippen molar-refractivity contribution < 1.29 is 8.42 Å². The Balaban J connectivity index is 1.51. The summed E-state index contributed by atoms with van der Waals surface area (Å²) in [5.74, 6) is 0.368. The fourth-order valence-electron chi connectivity index (χ4n) is 4.53. The van der Waals surface area contributed by atoms with Crippen LogP contribution in [0.5, 0.6) is 0 Å². The van der Waals surface area contributed by atoms with Crippen LogP contribution in [0.4, 0.5) is 0 Å². The second kappa shape index (κ2) is 7.54. The predicted molar refractivity (Wildman–Crippen MR) is 124 cm³/mol. The van der Waals surface area contributed by atoms with Gasteiger partial charge in [-0.1, -0.05) is 44.5 Å². The van der Waals surface area contributed by atoms with Crippen LogP contribution in [0, 0.1) is 13.8 Å². The maximum atomic E-state index is 13.2. The molecule has 4 nitrogen and oxygen atoms in total. The minimum Gasteiger partial charge on any atom is -0.358 e. The van der Waals surface area contributed by atoms with Gasteiger partial charge < -0.3 is 4.98 Å². The van der Waals surface area contributed by atoms with Gasteiger partial charge in [-0.25, -0.2) is 8.42 Å². The largest absolute Gasteiger partial charge is 0.358 e. The topological polar surface area (TPSA) is 53.2 Å². The number of piperidine rings is 1. The van der Waals surface area contributed by atoms with Gasteiger partial charge >= 0.3 is 0 Å². The van der Waals surface area contributed by atoms with Crippen LogP contribution >= 0.6 is 0 Å². The lowest BCUT2D eigenvalue weighted by atomic mass is 9.87. The number of nitrogens with zero attached hydrogens (tertiary/aromatic N) is 1. The minimum atomic E-state index is -3.45. The van der Waals surface area contributed by atoms with Gasteiger partial charge in [0.05, 0.1) is 4.90 Å². The van der Waals surface area contributed by atoms with Crippen molar-refractivity contribution in [1.82, 2.24) is 9.29 Å². The number of nitrogens with one attached hydrogen (secondary N) is 1. The van der Waals surface area contributed by atoms with Crippen LogP contribution in [0.15, 0.2) is 47.4 Å². The van der Waals surface area contributed by atoms with Crippen molar-refractivity contribution in [2.45, 2.75) is 63.7 Å². The monoisotopic (exact) mass is 424 g/mol. The second-order valence-electron chi connectivity index (χ2n) is 9.67. The highest BCUT2D eigenvalue weighted by Crippen LogP contribution is 2.35. The highest BCUT2D eigenvalue weighted by atomic mass is 32.2. The molecule has 0 unspecified atom stereocenters. The predicted octanol–water partition coefficient (Wildman–Crippen LogP) is 5.65. The third-order valence-corrected chi connectivity index (χ3v) is 8.39. The Morgan fingerprint density at radius 2 is 1.60 bits per heavy atom. The molecule has 1 aliphatic rings. The number of aryl methyl sites for hydroxylation is 2. The number of H-pyrrole nitrogens is 1. The molecule has 1 saturated heterocycles. The molecule has 0 radical (unpaired) electrons. The first-order chi connectivity index (χ1) is 14.1. The Bertz CT molecular complexity index is 1160. The first-order valence-electron chi connectivity index (χ1n) is 10.8. The van der Waals surface area contributed by atoms with E-state index in [1.165, 1.54) is 27.7 Å². The smallest absolute Gasteiger partial charge is 0.243 e. The van der Waals surface area contributed by atoms with E-state index in [2.05, 4.69) is 57.8 Å². The average molecular weight is 425 g/mol. The maximum Gasteiger partial charge on any atom is 0.243 e. The highest BCUT2D eigenvalue weighted by molar-refractivity contribution is 7.89. The lowest BCUT2D eigenvalue weighted by Crippen LogP contribution is -2.38. The SMILES string of the molecule is Cc1ccc2[nH]c(C3CCN(S(=O)(=O)c4ccc(C(C)(C)C)cc4)CC3)c(C)c2c1. The van der Waals surface area contributed by atoms with Crippen molar-refractivity contribution in [1.29, 1.82) is 0 Å². The summed E-state index contributed by atoms with van der Waals surface area (Å²) >= 11 is 0. The van der Waals surface area contributed by atoms with E-state index in [4.69, 9.17) is 0 Å². The molecule has 0 amide bonds. The van der Waals surface area contributed by atoms with Gasteiger partial charge in [-0.3, -0.25) is 0 Å². The van der Waals surface area contributed by atoms with E-state index >= 15 is 0 Å². The standard InChI is InChI=1S/C25H32N2O2S/c1-17-6-11-23-22(16-17)18(2)24(26-23)19-12-14-27(15-13-19)30(28,29)21-9-7-20(8-10-21)25(3,4)5/h6-11,16,19,26H,12-15H2,1-5H3. The Labute approximate surface area is 180 Å². The van der Waals surface area contributed by atoms with E-state index in [0.29, 0.717) is 23.9 Å². The molecule has 3 aromatic rings. The third kappa shape index (κ3) is 3.81. The van der Waals surface area contributed by atoms with E-state index < -0.39 is 10.0 Å². The van der Waals surface area contributed by atoms with Gasteiger partial charge in [0.15, 0.2) is 0 Å². The minimum absolute atomic E-state index is 0.0105. The summed E-state index contributed by atoms with van der Waals surface area (Å²) in [6.07, 6.45) is 1.68. The van der Waals surface area contributed by atoms with E-state index in [1.54, 1.807) is 16.4 Å². The zero-order chi connectivity index (χ0) is 21.7. The van der Waals surface area contributed by atoms with Crippen LogP contribution in [0.1, 0.15) is 61.9 Å². The molecule has 5 heteroatoms. The van der Waals surface area contributed by atoms with E-state index in [-0.39, 0.29) is 5.41 Å². The van der Waals surface area contributed by atoms with E-state index in [9.17, 15) is 8.42 Å². The van der Waals surface area contributed by atoms with Gasteiger partial charge in [-0.05, 0) is 67.5 Å². The Hall–Kier alpha value is -2.11. The Morgan fingerprint density at radius 1 is 0.967 bits per heavy atom. The van der Waals surface area contributed by atoms with E-state index in [1.807, 2.05) is 12.1 Å². The molecule has 4 rings (SSSR count). The molecule has 1 N–H and O–H groups in total. The number of hydrogen-bond donors (Lipinski definition) is 1. The fraction of sp³-hybridized carbons (Fsp3) is 0.440. The van der Waals surface area contributed by atoms with Crippen molar-refractivity contribution in [2.24, 2.45) is 0 Å². The molecule has 0 spiro atoms. The zero-order valence-corrected chi connectivity index (χ0v) is 19.4. The summed E-state index contributed by atoms with van der Waals surface area (Å²) in [6.45, 7) is 11.8. The molecule has 30 heavy (non-hydrogen) atoms. The van der Waals surface area contributed by atoms with Gasteiger partial charge in [0.1, 0.15) is 0 Å². The molecule has 1 fully saturated rings. The Morgan fingerprint density at radius 3 is 2.20 bits per heavy atom. The Kier molecular flexibility index (Phi) is 5.31. The molecular formula is C25H32N2O2S. The molecule has 0 atom stereocenters. The highest BCUT2D eigenvalue weighted by Gasteiger charge is 2.31. The summed E-state index contributed by atoms with van der Waals surface area (Å²) < 4.78 is 28.0. The summed E-state index contributed by atoms with van der Waals surface area (Å²) in [5, 5.41) is 1.28. The summed E-state index contributed by atoms with van der Waals surface area (Å²) in [4.78, 5) is 3.99. The fourth-order valence-corrected chi connectivity index (χ4v) is 6.00. The third-order valence-electron chi connectivity index (χ3n) is 6.47. The molecule has 0 saturated carbocycles. The van der Waals surface area contributed by atoms with Gasteiger partial charge in [-0.2, -0.15) is 4.31 Å². The van der Waals surface area contributed by atoms with Crippen LogP contribution in [-0.4, -0.2) is 30.8 Å². The molecule has 0 bridgehead atoms. The molecule has 160 valence electrons. The number of sulfonamides is 1. The molecule has 1 aliphatic heterocycles. The van der Waals surface area contributed by atoms with Crippen LogP contribution in [0.3, 0.4) is 0 Å². The normalized spacial score (nSPS) is 17.0. The van der Waals surface area contributed by atoms with Crippen LogP contribution in [0.2, 0.25) is 0 Å². The number of fused-ring (bicyclic) bond motifs is 1. The van der Waals surface area contributed by atoms with Crippen LogP contribution in [0.25, 0.3) is 10.9 Å². The van der Waals surface area contributed by atoms with Gasteiger partial charge in [-0.15, -0.1) is 0 Å². The van der Waals surface area contributed by atoms with Crippen molar-refractivity contribution in [3.05, 3.63) is 64.8 Å². The van der Waals surface area contributed by atoms with Crippen LogP contribution in [-0.2, 0) is 15.4 Å². The summed E-state index contributed by atoms with van der Waals surface area (Å²) in [6, 6.07) is 13.9.